The van der Waals surface area contributed by atoms with Gasteiger partial charge in [0.1, 0.15) is 0 Å². The van der Waals surface area contributed by atoms with E-state index in [1.807, 2.05) is 0 Å². The highest BCUT2D eigenvalue weighted by atomic mass is 15.0. The lowest BCUT2D eigenvalue weighted by Gasteiger charge is -2.20. The van der Waals surface area contributed by atoms with Crippen LogP contribution in [0.3, 0.4) is 0 Å². The number of pyridine rings is 4. The molecule has 0 spiro atoms. The van der Waals surface area contributed by atoms with E-state index in [4.69, 9.17) is 19.9 Å². The van der Waals surface area contributed by atoms with Crippen LogP contribution >= 0.6 is 0 Å². The Balaban J connectivity index is 0.000000134. The molecule has 0 aliphatic heterocycles. The number of hydrogen-bond acceptors (Lipinski definition) is 4. The second-order valence-corrected chi connectivity index (χ2v) is 37.0. The van der Waals surface area contributed by atoms with Crippen molar-refractivity contribution < 1.29 is 0 Å². The van der Waals surface area contributed by atoms with E-state index >= 15 is 0 Å². The molecule has 0 amide bonds. The van der Waals surface area contributed by atoms with Crippen LogP contribution < -0.4 is 0 Å². The number of para-hydroxylation sites is 10. The van der Waals surface area contributed by atoms with E-state index in [1.54, 1.807) is 0 Å². The van der Waals surface area contributed by atoms with Crippen LogP contribution in [-0.4, -0.2) is 38.2 Å². The van der Waals surface area contributed by atoms with Gasteiger partial charge < -0.3 is 18.3 Å². The van der Waals surface area contributed by atoms with Crippen LogP contribution in [0.4, 0.5) is 0 Å². The normalized spacial score (nSPS) is 12.0. The predicted molar refractivity (Wildman–Crippen MR) is 589 cm³/mol. The van der Waals surface area contributed by atoms with E-state index in [0.717, 1.165) is 144 Å². The van der Waals surface area contributed by atoms with Gasteiger partial charge >= 0.3 is 0 Å². The summed E-state index contributed by atoms with van der Waals surface area (Å²) in [6.07, 6.45) is 0. The fraction of sp³-hybridized carbons (Fsp3) is 0. The average Bonchev–Trinajstić information content (AvgIpc) is 1.18. The van der Waals surface area contributed by atoms with Crippen molar-refractivity contribution in [1.29, 1.82) is 0 Å². The minimum Gasteiger partial charge on any atom is -0.309 e. The lowest BCUT2D eigenvalue weighted by molar-refractivity contribution is 1.13. The molecule has 0 aliphatic carbocycles. The minimum absolute atomic E-state index is 0.893. The summed E-state index contributed by atoms with van der Waals surface area (Å²) in [5, 5.41) is 25.9. The highest BCUT2D eigenvalue weighted by molar-refractivity contribution is 6.24. The molecule has 8 nitrogen and oxygen atoms in total. The summed E-state index contributed by atoms with van der Waals surface area (Å²) in [5.41, 5.74) is 32.8. The van der Waals surface area contributed by atoms with Gasteiger partial charge in [0.2, 0.25) is 0 Å². The van der Waals surface area contributed by atoms with Crippen molar-refractivity contribution in [2.75, 3.05) is 0 Å². The molecular weight excluding hydrogens is 1700 g/mol. The fourth-order valence-corrected chi connectivity index (χ4v) is 23.1. The zero-order valence-electron chi connectivity index (χ0n) is 75.8. The first-order valence-electron chi connectivity index (χ1n) is 48.0. The van der Waals surface area contributed by atoms with E-state index in [0.29, 0.717) is 0 Å². The van der Waals surface area contributed by atoms with Gasteiger partial charge in [0.15, 0.2) is 0 Å². The molecule has 0 N–H and O–H groups in total. The Morgan fingerprint density at radius 1 is 0.129 bits per heavy atom. The number of hydrogen-bond donors (Lipinski definition) is 0. The van der Waals surface area contributed by atoms with E-state index in [-0.39, 0.29) is 0 Å². The summed E-state index contributed by atoms with van der Waals surface area (Å²) in [4.78, 5) is 21.7. The van der Waals surface area contributed by atoms with Crippen LogP contribution in [0, 0.1) is 0 Å². The monoisotopic (exact) mass is 1780 g/mol. The summed E-state index contributed by atoms with van der Waals surface area (Å²) < 4.78 is 9.78. The van der Waals surface area contributed by atoms with Gasteiger partial charge in [-0.25, -0.2) is 19.9 Å². The smallest absolute Gasteiger partial charge is 0.0978 e. The van der Waals surface area contributed by atoms with Gasteiger partial charge in [-0.15, -0.1) is 0 Å². The third-order valence-electron chi connectivity index (χ3n) is 29.2. The van der Waals surface area contributed by atoms with Crippen molar-refractivity contribution in [1.82, 2.24) is 38.2 Å². The topological polar surface area (TPSA) is 71.3 Å². The summed E-state index contributed by atoms with van der Waals surface area (Å²) in [7, 11) is 0. The Labute approximate surface area is 803 Å². The van der Waals surface area contributed by atoms with Crippen molar-refractivity contribution in [2.24, 2.45) is 0 Å². The van der Waals surface area contributed by atoms with Gasteiger partial charge in [0.05, 0.1) is 88.6 Å². The zero-order valence-corrected chi connectivity index (χ0v) is 75.8. The van der Waals surface area contributed by atoms with Crippen molar-refractivity contribution in [3.63, 3.8) is 0 Å². The number of nitrogens with zero attached hydrogens (tertiary/aromatic N) is 8. The Hall–Kier alpha value is -18.8. The first kappa shape index (κ1) is 78.7. The molecular formula is C132H80N8. The number of benzene rings is 22. The van der Waals surface area contributed by atoms with Gasteiger partial charge in [-0.05, 0) is 210 Å². The standard InChI is InChI=1S/2C66H40N4/c1-2-14-41(15-3-1)64-56-20-4-9-21-59(56)68-66-57(64)32-30-42-31-33-58(67-65(42)66)46-29-28-44-34-47-36-45(27-26-43(47)35-48(44)37-46)49-38-50(69-60-22-10-5-16-52(60)53-17-6-11-23-61(53)69)40-51(39-49)70-62-24-12-7-18-54(62)55-19-8-13-25-63(55)70;1-2-18-41(19-3-1)62-54-28-8-13-29-56(54)67-66-55(62)36-34-42-35-37-57(68-65(42)66)64-52-26-6-4-24-50(52)63(51-25-5-7-27-53(51)64)43-38-44(69-58-30-14-9-20-46(58)47-21-10-15-31-59(47)69)40-45(39-43)70-60-32-16-11-22-48(60)49-23-12-17-33-61(49)70/h2*1-40H. The maximum absolute atomic E-state index is 5.66. The van der Waals surface area contributed by atoms with E-state index < -0.39 is 0 Å². The minimum atomic E-state index is 0.893. The van der Waals surface area contributed by atoms with Gasteiger partial charge in [-0.1, -0.05) is 352 Å². The van der Waals surface area contributed by atoms with Crippen LogP contribution in [-0.2, 0) is 0 Å². The molecule has 0 saturated carbocycles. The Kier molecular flexibility index (Phi) is 17.7. The van der Waals surface area contributed by atoms with Gasteiger partial charge in [-0.2, -0.15) is 0 Å². The molecule has 648 valence electrons. The lowest BCUT2D eigenvalue weighted by atomic mass is 9.86. The molecule has 0 fully saturated rings. The number of aromatic nitrogens is 8. The van der Waals surface area contributed by atoms with Crippen LogP contribution in [0.15, 0.2) is 485 Å². The quantitative estimate of drug-likeness (QED) is 0.101. The highest BCUT2D eigenvalue weighted by Crippen LogP contribution is 2.50. The Morgan fingerprint density at radius 2 is 0.400 bits per heavy atom. The predicted octanol–water partition coefficient (Wildman–Crippen LogP) is 34.9. The molecule has 8 heterocycles. The second kappa shape index (κ2) is 31.4. The average molecular weight is 1780 g/mol. The molecule has 0 radical (unpaired) electrons. The van der Waals surface area contributed by atoms with Crippen molar-refractivity contribution in [2.45, 2.75) is 0 Å². The maximum Gasteiger partial charge on any atom is 0.0978 e. The van der Waals surface area contributed by atoms with Crippen molar-refractivity contribution in [3.8, 4) is 89.8 Å². The first-order chi connectivity index (χ1) is 69.4. The van der Waals surface area contributed by atoms with Crippen LogP contribution in [0.1, 0.15) is 0 Å². The summed E-state index contributed by atoms with van der Waals surface area (Å²) in [6, 6.07) is 177. The Bertz CT molecular complexity index is 9970. The third kappa shape index (κ3) is 12.4. The first-order valence-corrected chi connectivity index (χ1v) is 48.0. The van der Waals surface area contributed by atoms with Crippen molar-refractivity contribution in [3.05, 3.63) is 485 Å². The van der Waals surface area contributed by atoms with Gasteiger partial charge in [-0.3, -0.25) is 0 Å². The van der Waals surface area contributed by atoms with Crippen LogP contribution in [0.2, 0.25) is 0 Å². The SMILES string of the molecule is c1ccc(-c2c3ccccc3nc3c2ccc2ccc(-c4c5ccccc5c(-c5cc(-n6c7ccccc7c7ccccc76)cc(-n6c7ccccc7c7ccccc76)c5)c5ccccc45)nc23)cc1.c1ccc(-c2c3ccccc3nc3c2ccc2ccc(-c4ccc5cc6cc(-c7cc(-n8c9ccccc9c9ccccc98)cc(-n8c9ccccc9c9ccccc98)c7)ccc6cc5c4)nc23)cc1. The second-order valence-electron chi connectivity index (χ2n) is 37.0. The van der Waals surface area contributed by atoms with E-state index in [9.17, 15) is 0 Å². The summed E-state index contributed by atoms with van der Waals surface area (Å²) in [5.74, 6) is 0. The van der Waals surface area contributed by atoms with Crippen LogP contribution in [0.25, 0.3) is 286 Å². The molecule has 8 aromatic heterocycles. The van der Waals surface area contributed by atoms with Crippen molar-refractivity contribution >= 4 is 196 Å². The largest absolute Gasteiger partial charge is 0.309 e. The molecule has 0 atom stereocenters. The Morgan fingerprint density at radius 3 is 0.771 bits per heavy atom. The van der Waals surface area contributed by atoms with Crippen LogP contribution in [0.5, 0.6) is 0 Å². The highest BCUT2D eigenvalue weighted by Gasteiger charge is 2.27. The molecule has 140 heavy (non-hydrogen) atoms. The number of rotatable bonds is 10. The fourth-order valence-electron chi connectivity index (χ4n) is 23.1. The third-order valence-corrected chi connectivity index (χ3v) is 29.2. The lowest BCUT2D eigenvalue weighted by Crippen LogP contribution is -2.01. The zero-order chi connectivity index (χ0) is 91.7. The number of fused-ring (bicyclic) bond motifs is 24. The molecule has 0 unspecified atom stereocenters. The van der Waals surface area contributed by atoms with E-state index in [2.05, 4.69) is 504 Å². The van der Waals surface area contributed by atoms with E-state index in [1.165, 1.54) is 142 Å². The summed E-state index contributed by atoms with van der Waals surface area (Å²) >= 11 is 0. The van der Waals surface area contributed by atoms with Gasteiger partial charge in [0, 0.05) is 120 Å². The molecule has 0 bridgehead atoms. The molecule has 30 aromatic rings. The maximum atomic E-state index is 5.66. The molecule has 8 heteroatoms. The van der Waals surface area contributed by atoms with Gasteiger partial charge in [0.25, 0.3) is 0 Å². The molecule has 0 saturated heterocycles. The molecule has 22 aromatic carbocycles. The molecule has 0 aliphatic rings. The molecule has 30 rings (SSSR count). The summed E-state index contributed by atoms with van der Waals surface area (Å²) in [6.45, 7) is 0.